The van der Waals surface area contributed by atoms with Crippen LogP contribution in [0.2, 0.25) is 0 Å². The zero-order valence-electron chi connectivity index (χ0n) is 13.6. The molecule has 4 aromatic rings. The third-order valence-electron chi connectivity index (χ3n) is 3.39. The number of fused-ring (bicyclic) bond motifs is 1. The first kappa shape index (κ1) is 16.1. The van der Waals surface area contributed by atoms with E-state index >= 15 is 0 Å². The molecule has 0 bridgehead atoms. The third-order valence-corrected chi connectivity index (χ3v) is 4.59. The van der Waals surface area contributed by atoms with E-state index < -0.39 is 0 Å². The van der Waals surface area contributed by atoms with Crippen molar-refractivity contribution in [3.63, 3.8) is 0 Å². The van der Waals surface area contributed by atoms with Crippen LogP contribution in [0.25, 0.3) is 32.0 Å². The summed E-state index contributed by atoms with van der Waals surface area (Å²) in [6.07, 6.45) is 3.45. The fourth-order valence-corrected chi connectivity index (χ4v) is 3.33. The number of nitrogen functional groups attached to an aromatic ring is 1. The van der Waals surface area contributed by atoms with Gasteiger partial charge in [-0.25, -0.2) is 9.97 Å². The van der Waals surface area contributed by atoms with Crippen LogP contribution in [-0.4, -0.2) is 15.0 Å². The largest absolute Gasteiger partial charge is 0.382 e. The number of nitrogens with two attached hydrogens (primary N) is 1. The van der Waals surface area contributed by atoms with Gasteiger partial charge in [0.05, 0.1) is 10.2 Å². The van der Waals surface area contributed by atoms with Gasteiger partial charge in [0.15, 0.2) is 5.82 Å². The Hall–Kier alpha value is -2.79. The molecule has 120 valence electrons. The summed E-state index contributed by atoms with van der Waals surface area (Å²) >= 11 is 1.62. The lowest BCUT2D eigenvalue weighted by molar-refractivity contribution is 1.22. The van der Waals surface area contributed by atoms with Gasteiger partial charge < -0.3 is 5.73 Å². The van der Waals surface area contributed by atoms with Crippen molar-refractivity contribution in [1.82, 2.24) is 15.0 Å². The molecule has 0 aliphatic heterocycles. The number of hydrogen-bond donors (Lipinski definition) is 1. The summed E-state index contributed by atoms with van der Waals surface area (Å²) in [6, 6.07) is 16.0. The molecular weight excluding hydrogens is 316 g/mol. The standard InChI is InChI=1S/C17H12N4S.C2H6/c18-16-15-13(10-14(22-15)11-4-2-1-3-5-11)20-17(21-16)12-6-8-19-9-7-12;1-2/h1-10H,(H2,18,20,21);1-2H3. The highest BCUT2D eigenvalue weighted by Gasteiger charge is 2.12. The second-order valence-electron chi connectivity index (χ2n) is 4.86. The predicted molar refractivity (Wildman–Crippen MR) is 102 cm³/mol. The SMILES string of the molecule is CC.Nc1nc(-c2ccncc2)nc2cc(-c3ccccc3)sc12. The van der Waals surface area contributed by atoms with E-state index in [0.29, 0.717) is 11.6 Å². The molecule has 4 nitrogen and oxygen atoms in total. The number of pyridine rings is 1. The molecule has 0 aliphatic rings. The van der Waals surface area contributed by atoms with Crippen LogP contribution >= 0.6 is 11.3 Å². The maximum atomic E-state index is 6.13. The molecule has 3 heterocycles. The zero-order valence-corrected chi connectivity index (χ0v) is 14.4. The Morgan fingerprint density at radius 2 is 1.58 bits per heavy atom. The van der Waals surface area contributed by atoms with E-state index in [2.05, 4.69) is 33.2 Å². The van der Waals surface area contributed by atoms with Crippen molar-refractivity contribution in [2.45, 2.75) is 13.8 Å². The van der Waals surface area contributed by atoms with E-state index in [9.17, 15) is 0 Å². The van der Waals surface area contributed by atoms with E-state index in [1.165, 1.54) is 0 Å². The molecular formula is C19H18N4S. The molecule has 0 saturated carbocycles. The van der Waals surface area contributed by atoms with Gasteiger partial charge in [0.25, 0.3) is 0 Å². The summed E-state index contributed by atoms with van der Waals surface area (Å²) in [7, 11) is 0. The number of thiophene rings is 1. The number of hydrogen-bond acceptors (Lipinski definition) is 5. The van der Waals surface area contributed by atoms with E-state index in [0.717, 1.165) is 26.2 Å². The minimum absolute atomic E-state index is 0.518. The minimum atomic E-state index is 0.518. The Bertz CT molecular complexity index is 934. The molecule has 0 radical (unpaired) electrons. The van der Waals surface area contributed by atoms with Crippen LogP contribution in [0.5, 0.6) is 0 Å². The summed E-state index contributed by atoms with van der Waals surface area (Å²) in [5, 5.41) is 0. The van der Waals surface area contributed by atoms with Gasteiger partial charge in [-0.15, -0.1) is 11.3 Å². The maximum Gasteiger partial charge on any atom is 0.162 e. The van der Waals surface area contributed by atoms with Crippen LogP contribution in [0, 0.1) is 0 Å². The average Bonchev–Trinajstić information content (AvgIpc) is 3.10. The molecule has 4 rings (SSSR count). The van der Waals surface area contributed by atoms with Crippen LogP contribution < -0.4 is 5.73 Å². The van der Waals surface area contributed by atoms with Crippen LogP contribution in [-0.2, 0) is 0 Å². The van der Waals surface area contributed by atoms with Crippen molar-refractivity contribution in [1.29, 1.82) is 0 Å². The highest BCUT2D eigenvalue weighted by atomic mass is 32.1. The van der Waals surface area contributed by atoms with Gasteiger partial charge >= 0.3 is 0 Å². The van der Waals surface area contributed by atoms with Crippen molar-refractivity contribution < 1.29 is 0 Å². The van der Waals surface area contributed by atoms with Crippen LogP contribution in [0.1, 0.15) is 13.8 Å². The fraction of sp³-hybridized carbons (Fsp3) is 0.105. The first-order valence-electron chi connectivity index (χ1n) is 7.84. The fourth-order valence-electron chi connectivity index (χ4n) is 2.33. The van der Waals surface area contributed by atoms with Gasteiger partial charge in [0, 0.05) is 22.8 Å². The minimum Gasteiger partial charge on any atom is -0.382 e. The van der Waals surface area contributed by atoms with Crippen LogP contribution in [0.4, 0.5) is 5.82 Å². The van der Waals surface area contributed by atoms with E-state index in [1.807, 2.05) is 44.2 Å². The molecule has 24 heavy (non-hydrogen) atoms. The number of anilines is 1. The van der Waals surface area contributed by atoms with Crippen molar-refractivity contribution in [2.75, 3.05) is 5.73 Å². The summed E-state index contributed by atoms with van der Waals surface area (Å²) in [5.41, 5.74) is 9.08. The van der Waals surface area contributed by atoms with Crippen LogP contribution in [0.15, 0.2) is 60.9 Å². The van der Waals surface area contributed by atoms with Crippen molar-refractivity contribution >= 4 is 27.4 Å². The number of rotatable bonds is 2. The first-order valence-corrected chi connectivity index (χ1v) is 8.66. The lowest BCUT2D eigenvalue weighted by Gasteiger charge is -2.01. The topological polar surface area (TPSA) is 64.7 Å². The highest BCUT2D eigenvalue weighted by molar-refractivity contribution is 7.22. The zero-order chi connectivity index (χ0) is 16.9. The predicted octanol–water partition coefficient (Wildman–Crippen LogP) is 5.03. The van der Waals surface area contributed by atoms with Crippen molar-refractivity contribution in [3.05, 3.63) is 60.9 Å². The lowest BCUT2D eigenvalue weighted by Crippen LogP contribution is -1.95. The smallest absolute Gasteiger partial charge is 0.162 e. The molecule has 5 heteroatoms. The number of benzene rings is 1. The first-order chi connectivity index (χ1) is 11.8. The molecule has 3 aromatic heterocycles. The molecule has 1 aromatic carbocycles. The Morgan fingerprint density at radius 3 is 2.29 bits per heavy atom. The van der Waals surface area contributed by atoms with Crippen molar-refractivity contribution in [3.8, 4) is 21.8 Å². The lowest BCUT2D eigenvalue weighted by atomic mass is 10.2. The van der Waals surface area contributed by atoms with Gasteiger partial charge in [-0.05, 0) is 23.8 Å². The molecule has 0 amide bonds. The number of aromatic nitrogens is 3. The van der Waals surface area contributed by atoms with E-state index in [-0.39, 0.29) is 0 Å². The quantitative estimate of drug-likeness (QED) is 0.558. The Kier molecular flexibility index (Phi) is 4.82. The second-order valence-corrected chi connectivity index (χ2v) is 5.91. The summed E-state index contributed by atoms with van der Waals surface area (Å²) in [5.74, 6) is 1.15. The van der Waals surface area contributed by atoms with Gasteiger partial charge in [-0.3, -0.25) is 4.98 Å². The summed E-state index contributed by atoms with van der Waals surface area (Å²) in [4.78, 5) is 14.2. The summed E-state index contributed by atoms with van der Waals surface area (Å²) < 4.78 is 0.927. The van der Waals surface area contributed by atoms with Crippen LogP contribution in [0.3, 0.4) is 0 Å². The molecule has 0 spiro atoms. The molecule has 0 unspecified atom stereocenters. The van der Waals surface area contributed by atoms with E-state index in [1.54, 1.807) is 23.7 Å². The molecule has 2 N–H and O–H groups in total. The maximum absolute atomic E-state index is 6.13. The molecule has 0 atom stereocenters. The van der Waals surface area contributed by atoms with E-state index in [4.69, 9.17) is 5.73 Å². The van der Waals surface area contributed by atoms with Gasteiger partial charge in [-0.1, -0.05) is 44.2 Å². The van der Waals surface area contributed by atoms with Gasteiger partial charge in [0.2, 0.25) is 0 Å². The monoisotopic (exact) mass is 334 g/mol. The Balaban J connectivity index is 0.000000815. The third kappa shape index (κ3) is 3.12. The Morgan fingerprint density at radius 1 is 0.875 bits per heavy atom. The van der Waals surface area contributed by atoms with Crippen molar-refractivity contribution in [2.24, 2.45) is 0 Å². The molecule has 0 aliphatic carbocycles. The average molecular weight is 334 g/mol. The molecule has 0 saturated heterocycles. The number of nitrogens with zero attached hydrogens (tertiary/aromatic N) is 3. The Labute approximate surface area is 145 Å². The normalized spacial score (nSPS) is 10.2. The molecule has 0 fully saturated rings. The highest BCUT2D eigenvalue weighted by Crippen LogP contribution is 2.35. The van der Waals surface area contributed by atoms with Gasteiger partial charge in [0.1, 0.15) is 5.82 Å². The second kappa shape index (κ2) is 7.19. The summed E-state index contributed by atoms with van der Waals surface area (Å²) in [6.45, 7) is 4.00. The van der Waals surface area contributed by atoms with Gasteiger partial charge in [-0.2, -0.15) is 0 Å².